The lowest BCUT2D eigenvalue weighted by atomic mass is 9.65. The highest BCUT2D eigenvalue weighted by atomic mass is 16.2. The molecule has 1 amide bonds. The molecule has 3 aliphatic rings. The van der Waals surface area contributed by atoms with Crippen LogP contribution in [-0.2, 0) is 4.79 Å². The number of carbonyl (C=O) groups is 1. The summed E-state index contributed by atoms with van der Waals surface area (Å²) >= 11 is 0. The van der Waals surface area contributed by atoms with Crippen molar-refractivity contribution in [3.8, 4) is 0 Å². The third kappa shape index (κ3) is 2.89. The second kappa shape index (κ2) is 6.23. The van der Waals surface area contributed by atoms with E-state index >= 15 is 0 Å². The quantitative estimate of drug-likeness (QED) is 0.868. The van der Waals surface area contributed by atoms with Crippen LogP contribution in [-0.4, -0.2) is 45.1 Å². The summed E-state index contributed by atoms with van der Waals surface area (Å²) in [5.74, 6) is 2.90. The SMILES string of the molecule is NC1C2CCCC1CC(C(=O)N1CCCC(c3ncn[nH]3)C1)C2. The van der Waals surface area contributed by atoms with E-state index in [-0.39, 0.29) is 5.92 Å². The first-order chi connectivity index (χ1) is 11.2. The zero-order chi connectivity index (χ0) is 15.8. The average molecular weight is 317 g/mol. The third-order valence-corrected chi connectivity index (χ3v) is 6.32. The molecule has 1 aromatic rings. The number of amides is 1. The molecular formula is C17H27N5O. The van der Waals surface area contributed by atoms with Crippen LogP contribution < -0.4 is 5.73 Å². The Bertz CT molecular complexity index is 531. The third-order valence-electron chi connectivity index (χ3n) is 6.32. The number of H-pyrrole nitrogens is 1. The van der Waals surface area contributed by atoms with E-state index in [2.05, 4.69) is 20.1 Å². The number of hydrogen-bond donors (Lipinski definition) is 2. The van der Waals surface area contributed by atoms with Crippen LogP contribution in [0.3, 0.4) is 0 Å². The van der Waals surface area contributed by atoms with Crippen LogP contribution in [0.2, 0.25) is 0 Å². The van der Waals surface area contributed by atoms with E-state index < -0.39 is 0 Å². The Hall–Kier alpha value is -1.43. The van der Waals surface area contributed by atoms with E-state index in [1.54, 1.807) is 6.33 Å². The number of rotatable bonds is 2. The van der Waals surface area contributed by atoms with Crippen molar-refractivity contribution in [1.82, 2.24) is 20.1 Å². The molecule has 4 rings (SSSR count). The molecule has 2 aliphatic carbocycles. The van der Waals surface area contributed by atoms with Crippen molar-refractivity contribution < 1.29 is 4.79 Å². The lowest BCUT2D eigenvalue weighted by Crippen LogP contribution is -2.51. The second-order valence-corrected chi connectivity index (χ2v) is 7.69. The van der Waals surface area contributed by atoms with Gasteiger partial charge in [-0.25, -0.2) is 4.98 Å². The zero-order valence-corrected chi connectivity index (χ0v) is 13.7. The van der Waals surface area contributed by atoms with E-state index in [4.69, 9.17) is 5.73 Å². The van der Waals surface area contributed by atoms with Gasteiger partial charge in [0, 0.05) is 31.0 Å². The Labute approximate surface area is 137 Å². The second-order valence-electron chi connectivity index (χ2n) is 7.69. The minimum absolute atomic E-state index is 0.193. The predicted molar refractivity (Wildman–Crippen MR) is 86.5 cm³/mol. The summed E-state index contributed by atoms with van der Waals surface area (Å²) in [4.78, 5) is 19.4. The molecule has 6 heteroatoms. The summed E-state index contributed by atoms with van der Waals surface area (Å²) in [5, 5.41) is 6.92. The normalized spacial score (nSPS) is 37.6. The molecule has 126 valence electrons. The summed E-state index contributed by atoms with van der Waals surface area (Å²) in [6.07, 6.45) is 9.40. The molecule has 2 saturated carbocycles. The molecule has 3 N–H and O–H groups in total. The Morgan fingerprint density at radius 3 is 2.70 bits per heavy atom. The molecule has 3 atom stereocenters. The van der Waals surface area contributed by atoms with E-state index in [1.165, 1.54) is 19.3 Å². The first-order valence-corrected chi connectivity index (χ1v) is 9.12. The molecule has 23 heavy (non-hydrogen) atoms. The Morgan fingerprint density at radius 2 is 2.00 bits per heavy atom. The molecule has 1 aliphatic heterocycles. The summed E-state index contributed by atoms with van der Waals surface area (Å²) in [5.41, 5.74) is 6.37. The maximum Gasteiger partial charge on any atom is 0.225 e. The van der Waals surface area contributed by atoms with Gasteiger partial charge < -0.3 is 10.6 Å². The molecule has 6 nitrogen and oxygen atoms in total. The van der Waals surface area contributed by atoms with Gasteiger partial charge in [-0.15, -0.1) is 0 Å². The Kier molecular flexibility index (Phi) is 4.09. The van der Waals surface area contributed by atoms with Gasteiger partial charge >= 0.3 is 0 Å². The fourth-order valence-electron chi connectivity index (χ4n) is 5.06. The number of hydrogen-bond acceptors (Lipinski definition) is 4. The van der Waals surface area contributed by atoms with Gasteiger partial charge in [-0.3, -0.25) is 9.89 Å². The van der Waals surface area contributed by atoms with Crippen LogP contribution in [0.1, 0.15) is 56.7 Å². The van der Waals surface area contributed by atoms with Gasteiger partial charge in [-0.2, -0.15) is 5.10 Å². The highest BCUT2D eigenvalue weighted by molar-refractivity contribution is 5.79. The average Bonchev–Trinajstić information content (AvgIpc) is 3.08. The van der Waals surface area contributed by atoms with Crippen LogP contribution in [0, 0.1) is 17.8 Å². The molecule has 1 aromatic heterocycles. The van der Waals surface area contributed by atoms with Gasteiger partial charge in [0.05, 0.1) is 0 Å². The number of likely N-dealkylation sites (tertiary alicyclic amines) is 1. The maximum atomic E-state index is 13.0. The van der Waals surface area contributed by atoms with E-state index in [0.29, 0.717) is 29.7 Å². The number of aromatic amines is 1. The van der Waals surface area contributed by atoms with Crippen molar-refractivity contribution in [3.63, 3.8) is 0 Å². The molecule has 0 aromatic carbocycles. The predicted octanol–water partition coefficient (Wildman–Crippen LogP) is 1.66. The minimum atomic E-state index is 0.193. The molecule has 3 unspecified atom stereocenters. The van der Waals surface area contributed by atoms with E-state index in [1.807, 2.05) is 0 Å². The van der Waals surface area contributed by atoms with E-state index in [0.717, 1.165) is 44.6 Å². The van der Waals surface area contributed by atoms with Crippen LogP contribution in [0.15, 0.2) is 6.33 Å². The minimum Gasteiger partial charge on any atom is -0.342 e. The number of nitrogens with one attached hydrogen (secondary N) is 1. The van der Waals surface area contributed by atoms with Gasteiger partial charge in [0.2, 0.25) is 5.91 Å². The summed E-state index contributed by atoms with van der Waals surface area (Å²) in [6, 6.07) is 0.330. The number of aromatic nitrogens is 3. The van der Waals surface area contributed by atoms with Gasteiger partial charge in [-0.1, -0.05) is 6.42 Å². The zero-order valence-electron chi connectivity index (χ0n) is 13.7. The first-order valence-electron chi connectivity index (χ1n) is 9.12. The van der Waals surface area contributed by atoms with Crippen molar-refractivity contribution in [3.05, 3.63) is 12.2 Å². The van der Waals surface area contributed by atoms with Crippen molar-refractivity contribution in [1.29, 1.82) is 0 Å². The lowest BCUT2D eigenvalue weighted by molar-refractivity contribution is -0.139. The maximum absolute atomic E-state index is 13.0. The highest BCUT2D eigenvalue weighted by Crippen LogP contribution is 2.42. The van der Waals surface area contributed by atoms with Gasteiger partial charge in [-0.05, 0) is 50.4 Å². The largest absolute Gasteiger partial charge is 0.342 e. The van der Waals surface area contributed by atoms with Crippen molar-refractivity contribution in [2.24, 2.45) is 23.5 Å². The Morgan fingerprint density at radius 1 is 1.22 bits per heavy atom. The Balaban J connectivity index is 1.42. The number of carbonyl (C=O) groups excluding carboxylic acids is 1. The molecule has 1 saturated heterocycles. The fraction of sp³-hybridized carbons (Fsp3) is 0.824. The molecule has 0 spiro atoms. The summed E-state index contributed by atoms with van der Waals surface area (Å²) < 4.78 is 0. The van der Waals surface area contributed by atoms with Gasteiger partial charge in [0.15, 0.2) is 0 Å². The van der Waals surface area contributed by atoms with Crippen molar-refractivity contribution >= 4 is 5.91 Å². The molecular weight excluding hydrogens is 290 g/mol. The highest BCUT2D eigenvalue weighted by Gasteiger charge is 2.42. The number of fused-ring (bicyclic) bond motifs is 2. The van der Waals surface area contributed by atoms with Crippen LogP contribution >= 0.6 is 0 Å². The fourth-order valence-corrected chi connectivity index (χ4v) is 5.06. The lowest BCUT2D eigenvalue weighted by Gasteiger charge is -2.45. The van der Waals surface area contributed by atoms with Crippen molar-refractivity contribution in [2.75, 3.05) is 13.1 Å². The number of nitrogens with zero attached hydrogens (tertiary/aromatic N) is 3. The standard InChI is InChI=1S/C17H27N5O/c18-15-11-3-1-4-12(15)8-14(7-11)17(23)22-6-2-5-13(9-22)16-19-10-20-21-16/h10-15H,1-9,18H2,(H,19,20,21). The first kappa shape index (κ1) is 15.1. The van der Waals surface area contributed by atoms with Crippen LogP contribution in [0.5, 0.6) is 0 Å². The number of piperidine rings is 1. The molecule has 0 radical (unpaired) electrons. The topological polar surface area (TPSA) is 87.9 Å². The summed E-state index contributed by atoms with van der Waals surface area (Å²) in [6.45, 7) is 1.67. The molecule has 3 fully saturated rings. The smallest absolute Gasteiger partial charge is 0.225 e. The van der Waals surface area contributed by atoms with Gasteiger partial charge in [0.25, 0.3) is 0 Å². The molecule has 2 bridgehead atoms. The van der Waals surface area contributed by atoms with E-state index in [9.17, 15) is 4.79 Å². The van der Waals surface area contributed by atoms with Crippen molar-refractivity contribution in [2.45, 2.75) is 56.9 Å². The van der Waals surface area contributed by atoms with Gasteiger partial charge in [0.1, 0.15) is 12.2 Å². The summed E-state index contributed by atoms with van der Waals surface area (Å²) in [7, 11) is 0. The van der Waals surface area contributed by atoms with Crippen LogP contribution in [0.4, 0.5) is 0 Å². The number of nitrogens with two attached hydrogens (primary N) is 1. The van der Waals surface area contributed by atoms with Crippen LogP contribution in [0.25, 0.3) is 0 Å². The molecule has 2 heterocycles. The monoisotopic (exact) mass is 317 g/mol.